The molecule has 196 valence electrons. The van der Waals surface area contributed by atoms with Gasteiger partial charge in [0.2, 0.25) is 0 Å². The second-order valence-electron chi connectivity index (χ2n) is 8.02. The van der Waals surface area contributed by atoms with Gasteiger partial charge in [0.25, 0.3) is 0 Å². The van der Waals surface area contributed by atoms with E-state index in [-0.39, 0.29) is 19.4 Å². The fourth-order valence-corrected chi connectivity index (χ4v) is 3.60. The molecular formula is C22H43O10P. The fourth-order valence-electron chi connectivity index (χ4n) is 2.81. The summed E-state index contributed by atoms with van der Waals surface area (Å²) < 4.78 is 31.8. The van der Waals surface area contributed by atoms with Gasteiger partial charge in [0.15, 0.2) is 6.10 Å². The Balaban J connectivity index is 4.56. The number of carbonyl (C=O) groups excluding carboxylic acids is 2. The molecule has 0 amide bonds. The van der Waals surface area contributed by atoms with E-state index in [4.69, 9.17) is 19.1 Å². The summed E-state index contributed by atoms with van der Waals surface area (Å²) in [6.07, 6.45) is 7.71. The Hall–Kier alpha value is -1.03. The standard InChI is InChI=1S/C22H43O10P/c1-3-5-7-9-10-12-13-21(25)29-17-20(32-22(26)14-11-8-6-4-2)18-31-33(27,28)30-16-19(24)15-23/h19-20,23-24H,3-18H2,1-2H3,(H,27,28)/t19-,20-/m1/s1. The van der Waals surface area contributed by atoms with E-state index in [1.165, 1.54) is 6.42 Å². The van der Waals surface area contributed by atoms with Crippen molar-refractivity contribution in [2.45, 2.75) is 103 Å². The Labute approximate surface area is 197 Å². The number of aliphatic hydroxyl groups is 2. The van der Waals surface area contributed by atoms with Crippen molar-refractivity contribution in [2.75, 3.05) is 26.4 Å². The lowest BCUT2D eigenvalue weighted by atomic mass is 10.1. The molecule has 0 aromatic heterocycles. The topological polar surface area (TPSA) is 149 Å². The van der Waals surface area contributed by atoms with Crippen molar-refractivity contribution in [3.63, 3.8) is 0 Å². The number of phosphoric acid groups is 1. The molecule has 0 saturated heterocycles. The minimum atomic E-state index is -4.57. The molecule has 33 heavy (non-hydrogen) atoms. The van der Waals surface area contributed by atoms with Crippen LogP contribution in [0.2, 0.25) is 0 Å². The van der Waals surface area contributed by atoms with Gasteiger partial charge in [-0.2, -0.15) is 0 Å². The number of unbranched alkanes of at least 4 members (excludes halogenated alkanes) is 8. The van der Waals surface area contributed by atoms with Gasteiger partial charge in [-0.05, 0) is 12.8 Å². The number of esters is 2. The minimum absolute atomic E-state index is 0.179. The number of aliphatic hydroxyl groups excluding tert-OH is 2. The molecule has 0 aromatic carbocycles. The first-order valence-corrected chi connectivity index (χ1v) is 13.5. The first-order chi connectivity index (χ1) is 15.7. The third-order valence-corrected chi connectivity index (χ3v) is 5.71. The van der Waals surface area contributed by atoms with Crippen molar-refractivity contribution in [1.82, 2.24) is 0 Å². The number of hydrogen-bond donors (Lipinski definition) is 3. The Morgan fingerprint density at radius 3 is 1.91 bits per heavy atom. The number of carbonyl (C=O) groups is 2. The first-order valence-electron chi connectivity index (χ1n) is 12.0. The van der Waals surface area contributed by atoms with Crippen LogP contribution in [0.4, 0.5) is 0 Å². The van der Waals surface area contributed by atoms with Crippen molar-refractivity contribution in [3.8, 4) is 0 Å². The highest BCUT2D eigenvalue weighted by Crippen LogP contribution is 2.43. The molecule has 0 aliphatic rings. The van der Waals surface area contributed by atoms with Gasteiger partial charge in [-0.3, -0.25) is 18.6 Å². The van der Waals surface area contributed by atoms with Gasteiger partial charge in [-0.25, -0.2) is 4.57 Å². The van der Waals surface area contributed by atoms with E-state index in [0.717, 1.165) is 44.9 Å². The molecule has 0 aliphatic carbocycles. The first kappa shape index (κ1) is 32.0. The van der Waals surface area contributed by atoms with Gasteiger partial charge >= 0.3 is 19.8 Å². The molecule has 0 saturated carbocycles. The van der Waals surface area contributed by atoms with Gasteiger partial charge in [-0.15, -0.1) is 0 Å². The summed E-state index contributed by atoms with van der Waals surface area (Å²) in [7, 11) is -4.57. The Bertz CT molecular complexity index is 557. The van der Waals surface area contributed by atoms with E-state index in [9.17, 15) is 24.2 Å². The lowest BCUT2D eigenvalue weighted by molar-refractivity contribution is -0.161. The van der Waals surface area contributed by atoms with Crippen molar-refractivity contribution >= 4 is 19.8 Å². The lowest BCUT2D eigenvalue weighted by Crippen LogP contribution is -2.29. The van der Waals surface area contributed by atoms with Gasteiger partial charge in [0.05, 0.1) is 19.8 Å². The zero-order chi connectivity index (χ0) is 25.0. The summed E-state index contributed by atoms with van der Waals surface area (Å²) in [5.41, 5.74) is 0. The predicted octanol–water partition coefficient (Wildman–Crippen LogP) is 3.65. The highest BCUT2D eigenvalue weighted by Gasteiger charge is 2.27. The van der Waals surface area contributed by atoms with E-state index in [1.54, 1.807) is 0 Å². The van der Waals surface area contributed by atoms with E-state index >= 15 is 0 Å². The summed E-state index contributed by atoms with van der Waals surface area (Å²) in [4.78, 5) is 33.8. The maximum atomic E-state index is 12.1. The Kier molecular flexibility index (Phi) is 19.7. The number of phosphoric ester groups is 1. The summed E-state index contributed by atoms with van der Waals surface area (Å²) in [6.45, 7) is 2.09. The zero-order valence-electron chi connectivity index (χ0n) is 20.1. The molecule has 0 radical (unpaired) electrons. The maximum absolute atomic E-state index is 12.1. The highest BCUT2D eigenvalue weighted by molar-refractivity contribution is 7.47. The third-order valence-electron chi connectivity index (χ3n) is 4.76. The number of rotatable bonds is 22. The lowest BCUT2D eigenvalue weighted by Gasteiger charge is -2.20. The van der Waals surface area contributed by atoms with Crippen LogP contribution >= 0.6 is 7.82 Å². The van der Waals surface area contributed by atoms with Crippen LogP contribution in [-0.2, 0) is 32.7 Å². The Morgan fingerprint density at radius 2 is 1.30 bits per heavy atom. The van der Waals surface area contributed by atoms with Crippen LogP contribution in [0.3, 0.4) is 0 Å². The second-order valence-corrected chi connectivity index (χ2v) is 9.47. The molecule has 11 heteroatoms. The summed E-state index contributed by atoms with van der Waals surface area (Å²) >= 11 is 0. The Morgan fingerprint density at radius 1 is 0.788 bits per heavy atom. The molecule has 10 nitrogen and oxygen atoms in total. The van der Waals surface area contributed by atoms with Crippen molar-refractivity contribution in [1.29, 1.82) is 0 Å². The normalized spacial score (nSPS) is 14.9. The maximum Gasteiger partial charge on any atom is 0.472 e. The van der Waals surface area contributed by atoms with Crippen LogP contribution in [0.5, 0.6) is 0 Å². The average Bonchev–Trinajstić information content (AvgIpc) is 2.79. The van der Waals surface area contributed by atoms with Gasteiger partial charge in [0, 0.05) is 12.8 Å². The van der Waals surface area contributed by atoms with Crippen molar-refractivity contribution < 1.29 is 47.8 Å². The van der Waals surface area contributed by atoms with Gasteiger partial charge < -0.3 is 24.6 Å². The van der Waals surface area contributed by atoms with Crippen LogP contribution < -0.4 is 0 Å². The molecular weight excluding hydrogens is 455 g/mol. The SMILES string of the molecule is CCCCCCCCC(=O)OC[C@H](COP(=O)(O)OC[C@H](O)CO)OC(=O)CCCCCC. The average molecular weight is 499 g/mol. The molecule has 0 aromatic rings. The minimum Gasteiger partial charge on any atom is -0.462 e. The molecule has 1 unspecified atom stereocenters. The van der Waals surface area contributed by atoms with E-state index < -0.39 is 51.8 Å². The smallest absolute Gasteiger partial charge is 0.462 e. The van der Waals surface area contributed by atoms with Crippen LogP contribution in [0.25, 0.3) is 0 Å². The number of ether oxygens (including phenoxy) is 2. The third kappa shape index (κ3) is 20.1. The summed E-state index contributed by atoms with van der Waals surface area (Å²) in [5.74, 6) is -0.958. The van der Waals surface area contributed by atoms with Crippen LogP contribution in [0.1, 0.15) is 90.9 Å². The monoisotopic (exact) mass is 498 g/mol. The molecule has 0 aliphatic heterocycles. The van der Waals surface area contributed by atoms with Gasteiger partial charge in [0.1, 0.15) is 12.7 Å². The van der Waals surface area contributed by atoms with E-state index in [0.29, 0.717) is 12.8 Å². The quantitative estimate of drug-likeness (QED) is 0.115. The van der Waals surface area contributed by atoms with Crippen LogP contribution in [0.15, 0.2) is 0 Å². The number of hydrogen-bond acceptors (Lipinski definition) is 9. The molecule has 3 atom stereocenters. The van der Waals surface area contributed by atoms with Crippen LogP contribution in [0, 0.1) is 0 Å². The summed E-state index contributed by atoms with van der Waals surface area (Å²) in [6, 6.07) is 0. The molecule has 3 N–H and O–H groups in total. The molecule has 0 heterocycles. The molecule has 0 fully saturated rings. The zero-order valence-corrected chi connectivity index (χ0v) is 21.0. The molecule has 0 rings (SSSR count). The van der Waals surface area contributed by atoms with Crippen molar-refractivity contribution in [3.05, 3.63) is 0 Å². The van der Waals surface area contributed by atoms with Crippen molar-refractivity contribution in [2.24, 2.45) is 0 Å². The van der Waals surface area contributed by atoms with Crippen LogP contribution in [-0.4, -0.2) is 65.7 Å². The highest BCUT2D eigenvalue weighted by atomic mass is 31.2. The fraction of sp³-hybridized carbons (Fsp3) is 0.909. The second kappa shape index (κ2) is 20.4. The van der Waals surface area contributed by atoms with E-state index in [2.05, 4.69) is 18.4 Å². The summed E-state index contributed by atoms with van der Waals surface area (Å²) in [5, 5.41) is 18.0. The predicted molar refractivity (Wildman–Crippen MR) is 122 cm³/mol. The largest absolute Gasteiger partial charge is 0.472 e. The van der Waals surface area contributed by atoms with E-state index in [1.807, 2.05) is 0 Å². The molecule has 0 spiro atoms. The van der Waals surface area contributed by atoms with Gasteiger partial charge in [-0.1, -0.05) is 65.2 Å². The molecule has 0 bridgehead atoms.